The molecule has 204 valence electrons. The van der Waals surface area contributed by atoms with Gasteiger partial charge in [0.2, 0.25) is 5.78 Å². The van der Waals surface area contributed by atoms with Gasteiger partial charge in [-0.25, -0.2) is 18.4 Å². The molecule has 6 nitrogen and oxygen atoms in total. The van der Waals surface area contributed by atoms with Gasteiger partial charge in [0.05, 0.1) is 5.56 Å². The monoisotopic (exact) mass is 540 g/mol. The molecule has 0 amide bonds. The van der Waals surface area contributed by atoms with Crippen LogP contribution in [0.5, 0.6) is 0 Å². The predicted molar refractivity (Wildman–Crippen MR) is 153 cm³/mol. The number of ketones is 1. The number of allylic oxidation sites excluding steroid dienone is 1. The summed E-state index contributed by atoms with van der Waals surface area (Å²) in [6.45, 7) is 3.06. The van der Waals surface area contributed by atoms with Gasteiger partial charge in [-0.1, -0.05) is 45.1 Å². The number of unbranched alkanes of at least 4 members (excludes halogenated alkanes) is 5. The van der Waals surface area contributed by atoms with E-state index in [9.17, 15) is 18.4 Å². The van der Waals surface area contributed by atoms with Crippen LogP contribution in [0.1, 0.15) is 71.7 Å². The Bertz CT molecular complexity index is 1700. The van der Waals surface area contributed by atoms with Gasteiger partial charge in [0.25, 0.3) is 0 Å². The quantitative estimate of drug-likeness (QED) is 0.0703. The molecule has 0 saturated carbocycles. The highest BCUT2D eigenvalue weighted by molar-refractivity contribution is 6.28. The van der Waals surface area contributed by atoms with Crippen molar-refractivity contribution in [3.8, 4) is 0 Å². The average Bonchev–Trinajstić information content (AvgIpc) is 3.60. The Morgan fingerprint density at radius 1 is 0.875 bits per heavy atom. The van der Waals surface area contributed by atoms with E-state index in [0.29, 0.717) is 17.2 Å². The van der Waals surface area contributed by atoms with Crippen LogP contribution in [0.2, 0.25) is 0 Å². The average molecular weight is 541 g/mol. The molecule has 5 aromatic rings. The van der Waals surface area contributed by atoms with E-state index < -0.39 is 17.4 Å². The molecule has 8 heteroatoms. The number of halogens is 2. The minimum absolute atomic E-state index is 0.0618. The first kappa shape index (κ1) is 27.1. The number of Topliss-reactive ketones (excluding diaryl/α,β-unsaturated/α-hetero) is 1. The number of fused-ring (bicyclic) bond motifs is 3. The molecule has 0 bridgehead atoms. The van der Waals surface area contributed by atoms with Gasteiger partial charge in [0, 0.05) is 40.0 Å². The van der Waals surface area contributed by atoms with Crippen molar-refractivity contribution in [1.82, 2.24) is 19.3 Å². The summed E-state index contributed by atoms with van der Waals surface area (Å²) in [6, 6.07) is 14.4. The van der Waals surface area contributed by atoms with Crippen molar-refractivity contribution >= 4 is 45.6 Å². The van der Waals surface area contributed by atoms with E-state index in [1.165, 1.54) is 43.0 Å². The van der Waals surface area contributed by atoms with E-state index in [1.807, 2.05) is 36.4 Å². The van der Waals surface area contributed by atoms with Gasteiger partial charge in [0.1, 0.15) is 36.3 Å². The van der Waals surface area contributed by atoms with Gasteiger partial charge in [-0.05, 0) is 60.5 Å². The molecule has 3 aromatic carbocycles. The molecular weight excluding hydrogens is 510 g/mol. The van der Waals surface area contributed by atoms with Gasteiger partial charge in [0.15, 0.2) is 0 Å². The second-order valence-electron chi connectivity index (χ2n) is 9.91. The summed E-state index contributed by atoms with van der Waals surface area (Å²) in [5.74, 6) is -2.37. The second-order valence-corrected chi connectivity index (χ2v) is 9.91. The molecule has 2 heterocycles. The molecule has 0 spiro atoms. The normalized spacial score (nSPS) is 11.9. The molecule has 0 saturated heterocycles. The lowest BCUT2D eigenvalue weighted by Crippen LogP contribution is -2.12. The number of hydrogen-bond donors (Lipinski definition) is 0. The van der Waals surface area contributed by atoms with Crippen molar-refractivity contribution in [3.63, 3.8) is 0 Å². The number of hydrogen-bond acceptors (Lipinski definition) is 4. The number of aromatic nitrogens is 4. The highest BCUT2D eigenvalue weighted by Gasteiger charge is 2.20. The molecule has 5 rings (SSSR count). The molecule has 0 aliphatic heterocycles. The maximum absolute atomic E-state index is 14.5. The second kappa shape index (κ2) is 12.2. The SMILES string of the molecule is CCCCCCCCn1c2ccc(C=O)cc2c2cc(/C=C(/C(=O)c3ccc(F)cc3F)n3cncn3)ccc21. The minimum atomic E-state index is -0.953. The Morgan fingerprint density at radius 3 is 2.25 bits per heavy atom. The van der Waals surface area contributed by atoms with Crippen LogP contribution in [0.15, 0.2) is 67.3 Å². The summed E-state index contributed by atoms with van der Waals surface area (Å²) in [6.07, 6.45) is 12.2. The molecule has 0 fully saturated rings. The van der Waals surface area contributed by atoms with Crippen molar-refractivity contribution in [2.45, 2.75) is 52.0 Å². The van der Waals surface area contributed by atoms with Crippen molar-refractivity contribution in [2.75, 3.05) is 0 Å². The van der Waals surface area contributed by atoms with E-state index in [4.69, 9.17) is 0 Å². The first-order valence-electron chi connectivity index (χ1n) is 13.6. The van der Waals surface area contributed by atoms with Crippen LogP contribution in [0.4, 0.5) is 8.78 Å². The third-order valence-corrected chi connectivity index (χ3v) is 7.16. The number of benzene rings is 3. The van der Waals surface area contributed by atoms with Crippen LogP contribution < -0.4 is 0 Å². The molecule has 40 heavy (non-hydrogen) atoms. The zero-order valence-corrected chi connectivity index (χ0v) is 22.3. The zero-order valence-electron chi connectivity index (χ0n) is 22.3. The summed E-state index contributed by atoms with van der Waals surface area (Å²) >= 11 is 0. The number of aryl methyl sites for hydroxylation is 1. The predicted octanol–water partition coefficient (Wildman–Crippen LogP) is 7.72. The van der Waals surface area contributed by atoms with Crippen LogP contribution in [-0.2, 0) is 6.54 Å². The van der Waals surface area contributed by atoms with Crippen molar-refractivity contribution < 1.29 is 18.4 Å². The van der Waals surface area contributed by atoms with E-state index in [1.54, 1.807) is 6.08 Å². The van der Waals surface area contributed by atoms with Crippen LogP contribution in [0.25, 0.3) is 33.6 Å². The Labute approximate surface area is 230 Å². The first-order chi connectivity index (χ1) is 19.5. The zero-order chi connectivity index (χ0) is 28.1. The molecule has 0 N–H and O–H groups in total. The molecular formula is C32H30F2N4O2. The van der Waals surface area contributed by atoms with E-state index in [0.717, 1.165) is 59.6 Å². The smallest absolute Gasteiger partial charge is 0.214 e. The number of nitrogens with zero attached hydrogens (tertiary/aromatic N) is 4. The molecule has 0 unspecified atom stereocenters. The molecule has 0 atom stereocenters. The Balaban J connectivity index is 1.57. The van der Waals surface area contributed by atoms with E-state index in [-0.39, 0.29) is 11.3 Å². The summed E-state index contributed by atoms with van der Waals surface area (Å²) in [4.78, 5) is 28.9. The lowest BCUT2D eigenvalue weighted by Gasteiger charge is -2.09. The molecule has 0 radical (unpaired) electrons. The van der Waals surface area contributed by atoms with Gasteiger partial charge in [-0.2, -0.15) is 5.10 Å². The maximum Gasteiger partial charge on any atom is 0.214 e. The third kappa shape index (κ3) is 5.61. The Morgan fingerprint density at radius 2 is 1.57 bits per heavy atom. The fourth-order valence-corrected chi connectivity index (χ4v) is 5.13. The highest BCUT2D eigenvalue weighted by atomic mass is 19.1. The van der Waals surface area contributed by atoms with Crippen molar-refractivity contribution in [2.24, 2.45) is 0 Å². The van der Waals surface area contributed by atoms with Gasteiger partial charge in [-0.15, -0.1) is 0 Å². The number of carbonyl (C=O) groups is 2. The molecule has 2 aromatic heterocycles. The summed E-state index contributed by atoms with van der Waals surface area (Å²) in [5.41, 5.74) is 3.13. The van der Waals surface area contributed by atoms with Crippen molar-refractivity contribution in [3.05, 3.63) is 95.6 Å². The third-order valence-electron chi connectivity index (χ3n) is 7.16. The molecule has 0 aliphatic carbocycles. The standard InChI is InChI=1S/C32H30F2N4O2/c1-2-3-4-5-6-7-14-37-29-12-8-22(15-26(29)27-16-23(19-39)9-13-30(27)37)17-31(38-21-35-20-36-38)32(40)25-11-10-24(33)18-28(25)34/h8-13,15-21H,2-7,14H2,1H3/b31-17-. The maximum atomic E-state index is 14.5. The van der Waals surface area contributed by atoms with Crippen LogP contribution in [-0.4, -0.2) is 31.4 Å². The van der Waals surface area contributed by atoms with E-state index >= 15 is 0 Å². The van der Waals surface area contributed by atoms with Gasteiger partial charge < -0.3 is 4.57 Å². The van der Waals surface area contributed by atoms with Crippen LogP contribution in [0, 0.1) is 11.6 Å². The number of aldehydes is 1. The minimum Gasteiger partial charge on any atom is -0.340 e. The summed E-state index contributed by atoms with van der Waals surface area (Å²) < 4.78 is 31.6. The van der Waals surface area contributed by atoms with Crippen molar-refractivity contribution in [1.29, 1.82) is 0 Å². The summed E-state index contributed by atoms with van der Waals surface area (Å²) in [5, 5.41) is 5.97. The fraction of sp³-hybridized carbons (Fsp3) is 0.250. The molecule has 0 aliphatic rings. The lowest BCUT2D eigenvalue weighted by atomic mass is 10.0. The largest absolute Gasteiger partial charge is 0.340 e. The van der Waals surface area contributed by atoms with Gasteiger partial charge in [-0.3, -0.25) is 9.59 Å². The van der Waals surface area contributed by atoms with E-state index in [2.05, 4.69) is 21.6 Å². The van der Waals surface area contributed by atoms with Crippen LogP contribution in [0.3, 0.4) is 0 Å². The lowest BCUT2D eigenvalue weighted by molar-refractivity contribution is 0.104. The highest BCUT2D eigenvalue weighted by Crippen LogP contribution is 2.32. The van der Waals surface area contributed by atoms with Crippen LogP contribution >= 0.6 is 0 Å². The topological polar surface area (TPSA) is 69.8 Å². The summed E-state index contributed by atoms with van der Waals surface area (Å²) in [7, 11) is 0. The number of rotatable bonds is 12. The number of carbonyl (C=O) groups excluding carboxylic acids is 2. The Kier molecular flexibility index (Phi) is 8.24. The first-order valence-corrected chi connectivity index (χ1v) is 13.6. The Hall–Kier alpha value is -4.46. The van der Waals surface area contributed by atoms with Gasteiger partial charge >= 0.3 is 0 Å². The fourth-order valence-electron chi connectivity index (χ4n) is 5.13.